The van der Waals surface area contributed by atoms with Crippen LogP contribution in [-0.4, -0.2) is 96.7 Å². The second-order valence-electron chi connectivity index (χ2n) is 28.7. The van der Waals surface area contributed by atoms with E-state index in [0.29, 0.717) is 31.6 Å². The lowest BCUT2D eigenvalue weighted by Gasteiger charge is -2.21. The van der Waals surface area contributed by atoms with Crippen molar-refractivity contribution in [3.63, 3.8) is 0 Å². The maximum absolute atomic E-state index is 13.1. The summed E-state index contributed by atoms with van der Waals surface area (Å²) in [6, 6.07) is 0. The van der Waals surface area contributed by atoms with Crippen LogP contribution in [0, 0.1) is 11.8 Å². The van der Waals surface area contributed by atoms with Crippen LogP contribution in [0.3, 0.4) is 0 Å². The molecule has 0 fully saturated rings. The first kappa shape index (κ1) is 94.1. The molecule has 0 amide bonds. The lowest BCUT2D eigenvalue weighted by molar-refractivity contribution is -0.161. The molecule has 0 radical (unpaired) electrons. The number of carbonyl (C=O) groups is 4. The minimum absolute atomic E-state index is 0.104. The zero-order chi connectivity index (χ0) is 70.7. The van der Waals surface area contributed by atoms with Gasteiger partial charge in [0.2, 0.25) is 0 Å². The van der Waals surface area contributed by atoms with E-state index < -0.39 is 97.5 Å². The van der Waals surface area contributed by atoms with Gasteiger partial charge in [-0.1, -0.05) is 350 Å². The number of ether oxygens (including phenoxy) is 4. The predicted octanol–water partition coefficient (Wildman–Crippen LogP) is 22.7. The van der Waals surface area contributed by atoms with Crippen molar-refractivity contribution in [2.75, 3.05) is 39.6 Å². The molecule has 0 spiro atoms. The highest BCUT2D eigenvalue weighted by Gasteiger charge is 2.30. The summed E-state index contributed by atoms with van der Waals surface area (Å²) in [5.74, 6) is -0.616. The molecule has 0 aromatic rings. The van der Waals surface area contributed by atoms with Crippen molar-refractivity contribution >= 4 is 39.5 Å². The van der Waals surface area contributed by atoms with Crippen LogP contribution < -0.4 is 0 Å². The third kappa shape index (κ3) is 70.5. The summed E-state index contributed by atoms with van der Waals surface area (Å²) in [5, 5.41) is 10.6. The van der Waals surface area contributed by atoms with Gasteiger partial charge in [0.05, 0.1) is 26.4 Å². The Hall–Kier alpha value is -1.94. The van der Waals surface area contributed by atoms with Gasteiger partial charge in [-0.05, 0) is 37.5 Å². The van der Waals surface area contributed by atoms with Crippen molar-refractivity contribution in [3.05, 3.63) is 0 Å². The second-order valence-corrected chi connectivity index (χ2v) is 31.6. The number of rotatable bonds is 76. The van der Waals surface area contributed by atoms with Gasteiger partial charge in [-0.15, -0.1) is 0 Å². The Morgan fingerprint density at radius 2 is 0.479 bits per heavy atom. The monoisotopic (exact) mass is 1410 g/mol. The molecule has 96 heavy (non-hydrogen) atoms. The molecule has 0 saturated heterocycles. The molecular weight excluding hydrogens is 1260 g/mol. The molecule has 0 aliphatic heterocycles. The summed E-state index contributed by atoms with van der Waals surface area (Å²) in [5.41, 5.74) is 0. The third-order valence-corrected chi connectivity index (χ3v) is 19.9. The lowest BCUT2D eigenvalue weighted by Crippen LogP contribution is -2.30. The summed E-state index contributed by atoms with van der Waals surface area (Å²) in [7, 11) is -9.91. The number of hydrogen-bond donors (Lipinski definition) is 3. The molecule has 0 aliphatic carbocycles. The van der Waals surface area contributed by atoms with Gasteiger partial charge in [0, 0.05) is 25.7 Å². The van der Waals surface area contributed by atoms with Crippen LogP contribution >= 0.6 is 15.6 Å². The molecule has 0 bridgehead atoms. The fraction of sp³-hybridized carbons (Fsp3) is 0.948. The Kier molecular flexibility index (Phi) is 67.4. The first-order chi connectivity index (χ1) is 46.4. The third-order valence-electron chi connectivity index (χ3n) is 18.0. The number of phosphoric ester groups is 2. The summed E-state index contributed by atoms with van der Waals surface area (Å²) in [4.78, 5) is 72.7. The average Bonchev–Trinajstić information content (AvgIpc) is 1.14. The summed E-state index contributed by atoms with van der Waals surface area (Å²) >= 11 is 0. The molecule has 0 aromatic heterocycles. The zero-order valence-corrected chi connectivity index (χ0v) is 64.5. The van der Waals surface area contributed by atoms with E-state index in [2.05, 4.69) is 41.5 Å². The molecule has 19 heteroatoms. The highest BCUT2D eigenvalue weighted by atomic mass is 31.2. The van der Waals surface area contributed by atoms with Crippen LogP contribution in [0.4, 0.5) is 0 Å². The number of esters is 4. The van der Waals surface area contributed by atoms with Gasteiger partial charge in [0.25, 0.3) is 0 Å². The van der Waals surface area contributed by atoms with E-state index in [4.69, 9.17) is 37.0 Å². The molecule has 5 atom stereocenters. The van der Waals surface area contributed by atoms with E-state index in [1.54, 1.807) is 0 Å². The van der Waals surface area contributed by atoms with Crippen LogP contribution in [-0.2, 0) is 65.4 Å². The van der Waals surface area contributed by atoms with Crippen molar-refractivity contribution in [1.29, 1.82) is 0 Å². The van der Waals surface area contributed by atoms with Crippen LogP contribution in [0.15, 0.2) is 0 Å². The maximum atomic E-state index is 13.1. The number of unbranched alkanes of at least 4 members (excludes halogenated alkanes) is 46. The van der Waals surface area contributed by atoms with E-state index in [-0.39, 0.29) is 25.7 Å². The van der Waals surface area contributed by atoms with E-state index in [1.165, 1.54) is 218 Å². The fourth-order valence-corrected chi connectivity index (χ4v) is 13.4. The molecule has 3 N–H and O–H groups in total. The number of phosphoric acid groups is 2. The number of aliphatic hydroxyl groups is 1. The van der Waals surface area contributed by atoms with Gasteiger partial charge < -0.3 is 33.8 Å². The van der Waals surface area contributed by atoms with Gasteiger partial charge >= 0.3 is 39.5 Å². The van der Waals surface area contributed by atoms with Gasteiger partial charge in [-0.2, -0.15) is 0 Å². The Bertz CT molecular complexity index is 1860. The Morgan fingerprint density at radius 1 is 0.281 bits per heavy atom. The molecule has 2 unspecified atom stereocenters. The molecule has 17 nitrogen and oxygen atoms in total. The topological polar surface area (TPSA) is 237 Å². The largest absolute Gasteiger partial charge is 0.472 e. The SMILES string of the molecule is CCCCCCCCCCCCCCCCCCCCCC(=O)O[C@H](COC(=O)CCCCCCCCCCCCCCCCCC(C)C)COP(=O)(O)OC[C@@H](O)COP(=O)(O)OC[C@@H](COC(=O)CCCCCCCCCCC)OC(=O)CCCCCCCCCC(C)C. The van der Waals surface area contributed by atoms with Gasteiger partial charge in [0.1, 0.15) is 19.3 Å². The van der Waals surface area contributed by atoms with Crippen molar-refractivity contribution in [1.82, 2.24) is 0 Å². The Morgan fingerprint density at radius 3 is 0.708 bits per heavy atom. The van der Waals surface area contributed by atoms with E-state index >= 15 is 0 Å². The van der Waals surface area contributed by atoms with Crippen LogP contribution in [0.25, 0.3) is 0 Å². The highest BCUT2D eigenvalue weighted by molar-refractivity contribution is 7.47. The molecule has 0 saturated carbocycles. The summed E-state index contributed by atoms with van der Waals surface area (Å²) in [6.07, 6.45) is 57.1. The average molecular weight is 1410 g/mol. The van der Waals surface area contributed by atoms with Crippen molar-refractivity contribution in [3.8, 4) is 0 Å². The smallest absolute Gasteiger partial charge is 0.462 e. The maximum Gasteiger partial charge on any atom is 0.472 e. The normalized spacial score (nSPS) is 14.0. The van der Waals surface area contributed by atoms with Crippen molar-refractivity contribution in [2.24, 2.45) is 11.8 Å². The molecule has 0 aliphatic rings. The van der Waals surface area contributed by atoms with E-state index in [9.17, 15) is 43.2 Å². The standard InChI is InChI=1S/C77H150O17P2/c1-7-9-11-13-15-17-18-19-20-21-22-23-26-30-33-37-43-49-55-61-76(81)93-72(65-88-75(80)60-54-48-42-36-32-29-27-24-25-28-31-35-39-45-51-57-69(3)4)67-91-95(83,84)89-63-71(78)64-90-96(85,86)92-68-73(66-87-74(79)59-53-47-41-34-16-14-12-10-8-2)94-77(82)62-56-50-44-38-40-46-52-58-70(5)6/h69-73,78H,7-68H2,1-6H3,(H,83,84)(H,85,86)/t71-,72-,73-/m1/s1. The number of aliphatic hydroxyl groups excluding tert-OH is 1. The zero-order valence-electron chi connectivity index (χ0n) is 62.7. The van der Waals surface area contributed by atoms with Crippen LogP contribution in [0.5, 0.6) is 0 Å². The lowest BCUT2D eigenvalue weighted by atomic mass is 10.0. The molecule has 0 rings (SSSR count). The molecular formula is C77H150O17P2. The fourth-order valence-electron chi connectivity index (χ4n) is 11.8. The van der Waals surface area contributed by atoms with Crippen LogP contribution in [0.1, 0.15) is 401 Å². The first-order valence-electron chi connectivity index (χ1n) is 40.0. The molecule has 570 valence electrons. The van der Waals surface area contributed by atoms with Crippen molar-refractivity contribution in [2.45, 2.75) is 419 Å². The van der Waals surface area contributed by atoms with E-state index in [0.717, 1.165) is 95.8 Å². The number of hydrogen-bond acceptors (Lipinski definition) is 15. The Labute approximate surface area is 588 Å². The van der Waals surface area contributed by atoms with E-state index in [1.807, 2.05) is 0 Å². The summed E-state index contributed by atoms with van der Waals surface area (Å²) < 4.78 is 68.5. The van der Waals surface area contributed by atoms with Gasteiger partial charge in [-0.25, -0.2) is 9.13 Å². The van der Waals surface area contributed by atoms with Gasteiger partial charge in [0.15, 0.2) is 12.2 Å². The molecule has 0 heterocycles. The Balaban J connectivity index is 5.19. The minimum atomic E-state index is -4.96. The highest BCUT2D eigenvalue weighted by Crippen LogP contribution is 2.45. The quantitative estimate of drug-likeness (QED) is 0.0222. The predicted molar refractivity (Wildman–Crippen MR) is 391 cm³/mol. The summed E-state index contributed by atoms with van der Waals surface area (Å²) in [6.45, 7) is 9.55. The second kappa shape index (κ2) is 68.8. The molecule has 0 aromatic carbocycles. The number of carbonyl (C=O) groups excluding carboxylic acids is 4. The first-order valence-corrected chi connectivity index (χ1v) is 43.0. The van der Waals surface area contributed by atoms with Crippen LogP contribution in [0.2, 0.25) is 0 Å². The van der Waals surface area contributed by atoms with Crippen molar-refractivity contribution < 1.29 is 80.2 Å². The minimum Gasteiger partial charge on any atom is -0.462 e. The van der Waals surface area contributed by atoms with Gasteiger partial charge in [-0.3, -0.25) is 37.3 Å².